The van der Waals surface area contributed by atoms with Gasteiger partial charge in [0.25, 0.3) is 0 Å². The summed E-state index contributed by atoms with van der Waals surface area (Å²) in [4.78, 5) is 28.0. The number of fused-ring (bicyclic) bond motifs is 1. The Morgan fingerprint density at radius 3 is 2.18 bits per heavy atom. The maximum Gasteiger partial charge on any atom is 0.355 e. The van der Waals surface area contributed by atoms with Gasteiger partial charge >= 0.3 is 5.69 Å². The largest absolute Gasteiger partial charge is 0.507 e. The van der Waals surface area contributed by atoms with Gasteiger partial charge in [0.15, 0.2) is 44.6 Å². The Morgan fingerprint density at radius 1 is 0.922 bits per heavy atom. The molecule has 1 atom stereocenters. The smallest absolute Gasteiger partial charge is 0.355 e. The monoisotopic (exact) mass is 732 g/mol. The van der Waals surface area contributed by atoms with Crippen LogP contribution in [-0.4, -0.2) is 65.0 Å². The summed E-state index contributed by atoms with van der Waals surface area (Å²) in [5.74, 6) is -10.9. The zero-order valence-corrected chi connectivity index (χ0v) is 28.6. The molecule has 2 aromatic carbocycles. The Kier molecular flexibility index (Phi) is 8.98. The number of aromatic nitrogens is 4. The number of halogens is 6. The van der Waals surface area contributed by atoms with Gasteiger partial charge in [0, 0.05) is 38.1 Å². The third-order valence-electron chi connectivity index (χ3n) is 8.74. The lowest BCUT2D eigenvalue weighted by atomic mass is 10.0. The van der Waals surface area contributed by atoms with Crippen LogP contribution >= 0.6 is 0 Å². The maximum atomic E-state index is 16.0. The Morgan fingerprint density at radius 2 is 1.59 bits per heavy atom. The number of hydrogen-bond donors (Lipinski definition) is 1. The summed E-state index contributed by atoms with van der Waals surface area (Å²) < 4.78 is 116. The van der Waals surface area contributed by atoms with Gasteiger partial charge in [0.05, 0.1) is 22.3 Å². The van der Waals surface area contributed by atoms with Crippen LogP contribution in [0.1, 0.15) is 37.9 Å². The first-order valence-electron chi connectivity index (χ1n) is 15.6. The molecular formula is C34H30F6N6O4S. The molecule has 0 amide bonds. The van der Waals surface area contributed by atoms with E-state index in [1.165, 1.54) is 11.0 Å². The predicted octanol–water partition coefficient (Wildman–Crippen LogP) is 5.93. The summed E-state index contributed by atoms with van der Waals surface area (Å²) in [5.41, 5.74) is -1.96. The zero-order valence-electron chi connectivity index (χ0n) is 27.8. The van der Waals surface area contributed by atoms with Gasteiger partial charge in [-0.25, -0.2) is 49.1 Å². The van der Waals surface area contributed by atoms with Crippen molar-refractivity contribution in [2.75, 3.05) is 35.7 Å². The number of nitrogens with zero attached hydrogens (tertiary/aromatic N) is 6. The molecule has 10 nitrogen and oxygen atoms in total. The van der Waals surface area contributed by atoms with E-state index in [1.54, 1.807) is 26.1 Å². The van der Waals surface area contributed by atoms with Gasteiger partial charge in [-0.1, -0.05) is 19.9 Å². The van der Waals surface area contributed by atoms with Crippen molar-refractivity contribution in [1.82, 2.24) is 19.5 Å². The SMILES string of the molecule is Cc1ccnc(C(C)C)c1-n1c(=O)nc(N2CCN(c3c(F)c(F)c(S(C)(=O)=O)c(F)c3F)C[C@@H]2C)c2cc(F)c(-c3c(O)cccc3F)nc21. The molecule has 0 unspecified atom stereocenters. The van der Waals surface area contributed by atoms with Crippen molar-refractivity contribution in [3.05, 3.63) is 93.2 Å². The normalized spacial score (nSPS) is 15.3. The Bertz CT molecular complexity index is 2370. The number of hydrogen-bond acceptors (Lipinski definition) is 9. The van der Waals surface area contributed by atoms with E-state index < -0.39 is 84.1 Å². The molecule has 0 saturated carbocycles. The number of pyridine rings is 2. The molecule has 0 bridgehead atoms. The molecule has 1 fully saturated rings. The first-order chi connectivity index (χ1) is 23.9. The van der Waals surface area contributed by atoms with Crippen molar-refractivity contribution >= 4 is 32.4 Å². The lowest BCUT2D eigenvalue weighted by molar-refractivity contribution is 0.413. The van der Waals surface area contributed by atoms with Gasteiger partial charge in [-0.05, 0) is 49.6 Å². The number of aryl methyl sites for hydroxylation is 1. The topological polar surface area (TPSA) is 122 Å². The van der Waals surface area contributed by atoms with Gasteiger partial charge in [0.1, 0.15) is 33.7 Å². The van der Waals surface area contributed by atoms with Crippen molar-refractivity contribution in [3.8, 4) is 22.7 Å². The third-order valence-corrected chi connectivity index (χ3v) is 9.84. The Balaban J connectivity index is 1.54. The number of piperazine rings is 1. The highest BCUT2D eigenvalue weighted by atomic mass is 32.2. The molecule has 4 heterocycles. The molecule has 3 aromatic heterocycles. The van der Waals surface area contributed by atoms with Crippen molar-refractivity contribution in [2.24, 2.45) is 0 Å². The Labute approximate surface area is 287 Å². The standard InChI is InChI=1S/C34H30F6N6O4S/c1-15(2)27-29(16(3)9-10-41-27)46-33-18(13-20(36)28(42-33)22-19(35)7-6-8-21(22)47)32(43-34(46)48)45-12-11-44(14-17(45)4)30-23(37)25(39)31(51(5,49)50)26(40)24(30)38/h6-10,13,15,17,47H,11-12,14H2,1-5H3/t17-/m0/s1. The molecule has 0 spiro atoms. The van der Waals surface area contributed by atoms with E-state index in [-0.39, 0.29) is 42.4 Å². The van der Waals surface area contributed by atoms with Crippen molar-refractivity contribution in [1.29, 1.82) is 0 Å². The zero-order chi connectivity index (χ0) is 37.3. The minimum Gasteiger partial charge on any atom is -0.507 e. The Hall–Kier alpha value is -5.19. The second-order valence-corrected chi connectivity index (χ2v) is 14.5. The summed E-state index contributed by atoms with van der Waals surface area (Å²) in [6.45, 7) is 6.16. The van der Waals surface area contributed by atoms with E-state index in [1.807, 2.05) is 13.8 Å². The van der Waals surface area contributed by atoms with Crippen LogP contribution in [0.2, 0.25) is 0 Å². The molecular weight excluding hydrogens is 702 g/mol. The number of sulfone groups is 1. The van der Waals surface area contributed by atoms with Gasteiger partial charge in [-0.15, -0.1) is 0 Å². The first-order valence-corrected chi connectivity index (χ1v) is 17.5. The molecule has 1 aliphatic rings. The first kappa shape index (κ1) is 35.6. The third kappa shape index (κ3) is 5.92. The number of benzene rings is 2. The number of phenolic OH excluding ortho intramolecular Hbond substituents is 1. The average Bonchev–Trinajstić information content (AvgIpc) is 3.04. The number of phenols is 1. The van der Waals surface area contributed by atoms with Gasteiger partial charge < -0.3 is 14.9 Å². The minimum absolute atomic E-state index is 0.0307. The van der Waals surface area contributed by atoms with E-state index in [4.69, 9.17) is 0 Å². The fourth-order valence-electron chi connectivity index (χ4n) is 6.41. The number of aromatic hydroxyl groups is 1. The predicted molar refractivity (Wildman–Crippen MR) is 177 cm³/mol. The van der Waals surface area contributed by atoms with E-state index in [0.29, 0.717) is 23.2 Å². The molecule has 0 aliphatic carbocycles. The highest BCUT2D eigenvalue weighted by molar-refractivity contribution is 7.90. The van der Waals surface area contributed by atoms with Crippen molar-refractivity contribution < 1.29 is 39.9 Å². The lowest BCUT2D eigenvalue weighted by Gasteiger charge is -2.42. The number of anilines is 2. The van der Waals surface area contributed by atoms with Crippen LogP contribution in [0.4, 0.5) is 37.8 Å². The quantitative estimate of drug-likeness (QED) is 0.167. The molecule has 1 N–H and O–H groups in total. The van der Waals surface area contributed by atoms with Gasteiger partial charge in [-0.3, -0.25) is 4.98 Å². The second kappa shape index (κ2) is 12.9. The summed E-state index contributed by atoms with van der Waals surface area (Å²) in [7, 11) is -4.67. The van der Waals surface area contributed by atoms with E-state index >= 15 is 17.6 Å². The molecule has 1 saturated heterocycles. The van der Waals surface area contributed by atoms with Crippen LogP contribution in [0.25, 0.3) is 28.0 Å². The van der Waals surface area contributed by atoms with Gasteiger partial charge in [0.2, 0.25) is 0 Å². The summed E-state index contributed by atoms with van der Waals surface area (Å²) in [5, 5.41) is 10.5. The van der Waals surface area contributed by atoms with Gasteiger partial charge in [-0.2, -0.15) is 4.98 Å². The summed E-state index contributed by atoms with van der Waals surface area (Å²) in [6, 6.07) is 5.20. The average molecular weight is 733 g/mol. The highest BCUT2D eigenvalue weighted by Gasteiger charge is 2.36. The highest BCUT2D eigenvalue weighted by Crippen LogP contribution is 2.38. The molecule has 5 aromatic rings. The fraction of sp³-hybridized carbons (Fsp3) is 0.294. The number of rotatable bonds is 6. The molecule has 0 radical (unpaired) electrons. The van der Waals surface area contributed by atoms with E-state index in [9.17, 15) is 27.1 Å². The van der Waals surface area contributed by atoms with E-state index in [0.717, 1.165) is 27.7 Å². The van der Waals surface area contributed by atoms with Crippen LogP contribution < -0.4 is 15.5 Å². The minimum atomic E-state index is -4.67. The maximum absolute atomic E-state index is 16.0. The second-order valence-electron chi connectivity index (χ2n) is 12.6. The van der Waals surface area contributed by atoms with Crippen LogP contribution in [0, 0.1) is 41.8 Å². The summed E-state index contributed by atoms with van der Waals surface area (Å²) >= 11 is 0. The molecule has 268 valence electrons. The lowest BCUT2D eigenvalue weighted by Crippen LogP contribution is -2.53. The molecule has 1 aliphatic heterocycles. The molecule has 51 heavy (non-hydrogen) atoms. The van der Waals surface area contributed by atoms with E-state index in [2.05, 4.69) is 15.0 Å². The van der Waals surface area contributed by atoms with Crippen LogP contribution in [0.15, 0.2) is 46.2 Å². The van der Waals surface area contributed by atoms with Crippen LogP contribution in [-0.2, 0) is 9.84 Å². The van der Waals surface area contributed by atoms with Crippen molar-refractivity contribution in [3.63, 3.8) is 0 Å². The summed E-state index contributed by atoms with van der Waals surface area (Å²) in [6.07, 6.45) is 1.97. The fourth-order valence-corrected chi connectivity index (χ4v) is 7.24. The van der Waals surface area contributed by atoms with Crippen molar-refractivity contribution in [2.45, 2.75) is 44.6 Å². The molecule has 6 rings (SSSR count). The molecule has 17 heteroatoms. The van der Waals surface area contributed by atoms with Crippen LogP contribution in [0.3, 0.4) is 0 Å². The van der Waals surface area contributed by atoms with Crippen LogP contribution in [0.5, 0.6) is 5.75 Å².